The second kappa shape index (κ2) is 5.90. The summed E-state index contributed by atoms with van der Waals surface area (Å²) in [5, 5.41) is 0. The summed E-state index contributed by atoms with van der Waals surface area (Å²) in [5.41, 5.74) is 2.12. The summed E-state index contributed by atoms with van der Waals surface area (Å²) in [6, 6.07) is 10.7. The fraction of sp³-hybridized carbons (Fsp3) is 0.188. The Balaban J connectivity index is 2.16. The van der Waals surface area contributed by atoms with Gasteiger partial charge >= 0.3 is 0 Å². The number of halogens is 1. The third kappa shape index (κ3) is 3.07. The molecule has 3 aromatic rings. The van der Waals surface area contributed by atoms with Crippen LogP contribution in [-0.2, 0) is 23.5 Å². The summed E-state index contributed by atoms with van der Waals surface area (Å²) in [7, 11) is -2.09. The van der Waals surface area contributed by atoms with E-state index in [4.69, 9.17) is 0 Å². The highest BCUT2D eigenvalue weighted by atomic mass is 32.2. The van der Waals surface area contributed by atoms with Gasteiger partial charge in [0, 0.05) is 7.05 Å². The van der Waals surface area contributed by atoms with E-state index in [0.29, 0.717) is 4.80 Å². The highest BCUT2D eigenvalue weighted by molar-refractivity contribution is 7.90. The average Bonchev–Trinajstić information content (AvgIpc) is 2.82. The third-order valence-electron chi connectivity index (χ3n) is 3.59. The van der Waals surface area contributed by atoms with Crippen molar-refractivity contribution in [1.82, 2.24) is 4.57 Å². The number of hydrogen-bond donors (Lipinski definition) is 0. The monoisotopic (exact) mass is 350 g/mol. The highest BCUT2D eigenvalue weighted by Crippen LogP contribution is 2.20. The van der Waals surface area contributed by atoms with E-state index in [1.54, 1.807) is 11.6 Å². The topological polar surface area (TPSA) is 51.4 Å². The van der Waals surface area contributed by atoms with E-state index in [9.17, 15) is 12.8 Å². The van der Waals surface area contributed by atoms with Gasteiger partial charge in [-0.2, -0.15) is 8.42 Å². The number of fused-ring (bicyclic) bond motifs is 1. The maximum Gasteiger partial charge on any atom is 0.285 e. The number of aromatic nitrogens is 1. The van der Waals surface area contributed by atoms with E-state index in [1.165, 1.54) is 29.0 Å². The van der Waals surface area contributed by atoms with Gasteiger partial charge in [0.15, 0.2) is 0 Å². The zero-order valence-electron chi connectivity index (χ0n) is 12.7. The summed E-state index contributed by atoms with van der Waals surface area (Å²) in [4.78, 5) is 0.364. The molecule has 2 aromatic carbocycles. The molecule has 0 fully saturated rings. The van der Waals surface area contributed by atoms with Crippen molar-refractivity contribution in [2.45, 2.75) is 18.2 Å². The predicted octanol–water partition coefficient (Wildman–Crippen LogP) is 3.23. The molecule has 0 radical (unpaired) electrons. The summed E-state index contributed by atoms with van der Waals surface area (Å²) in [6.45, 7) is 2.07. The Labute approximate surface area is 137 Å². The van der Waals surface area contributed by atoms with Gasteiger partial charge in [-0.15, -0.1) is 4.40 Å². The Bertz CT molecular complexity index is 1030. The SMILES string of the molecule is CCc1ccc2c(c1)s/c(=N\S(=O)(=O)c1ccc(F)cc1)n2C. The molecule has 7 heteroatoms. The van der Waals surface area contributed by atoms with E-state index >= 15 is 0 Å². The normalized spacial score (nSPS) is 12.9. The number of hydrogen-bond acceptors (Lipinski definition) is 3. The molecule has 23 heavy (non-hydrogen) atoms. The minimum atomic E-state index is -3.87. The maximum atomic E-state index is 12.9. The molecule has 0 bridgehead atoms. The average molecular weight is 350 g/mol. The number of aryl methyl sites for hydroxylation is 2. The molecule has 0 atom stereocenters. The second-order valence-corrected chi connectivity index (χ2v) is 7.73. The minimum Gasteiger partial charge on any atom is -0.319 e. The zero-order valence-corrected chi connectivity index (χ0v) is 14.3. The molecule has 0 spiro atoms. The Morgan fingerprint density at radius 2 is 1.87 bits per heavy atom. The number of nitrogens with zero attached hydrogens (tertiary/aromatic N) is 2. The summed E-state index contributed by atoms with van der Waals surface area (Å²) in [5.74, 6) is -0.483. The molecule has 0 unspecified atom stereocenters. The van der Waals surface area contributed by atoms with Gasteiger partial charge in [-0.05, 0) is 48.4 Å². The summed E-state index contributed by atoms with van der Waals surface area (Å²) >= 11 is 1.32. The Kier molecular flexibility index (Phi) is 4.08. The summed E-state index contributed by atoms with van der Waals surface area (Å²) in [6.07, 6.45) is 0.915. The van der Waals surface area contributed by atoms with Crippen LogP contribution < -0.4 is 4.80 Å². The van der Waals surface area contributed by atoms with Gasteiger partial charge in [0.2, 0.25) is 4.80 Å². The van der Waals surface area contributed by atoms with Gasteiger partial charge in [0.25, 0.3) is 10.0 Å². The van der Waals surface area contributed by atoms with Crippen LogP contribution >= 0.6 is 11.3 Å². The Hall–Kier alpha value is -1.99. The minimum absolute atomic E-state index is 0.0226. The smallest absolute Gasteiger partial charge is 0.285 e. The molecule has 120 valence electrons. The van der Waals surface area contributed by atoms with E-state index < -0.39 is 15.8 Å². The maximum absolute atomic E-state index is 12.9. The van der Waals surface area contributed by atoms with Crippen molar-refractivity contribution in [3.63, 3.8) is 0 Å². The largest absolute Gasteiger partial charge is 0.319 e. The fourth-order valence-electron chi connectivity index (χ4n) is 2.25. The first-order valence-corrected chi connectivity index (χ1v) is 9.31. The van der Waals surface area contributed by atoms with E-state index in [2.05, 4.69) is 11.3 Å². The van der Waals surface area contributed by atoms with Crippen molar-refractivity contribution in [3.8, 4) is 0 Å². The van der Waals surface area contributed by atoms with E-state index in [-0.39, 0.29) is 4.90 Å². The van der Waals surface area contributed by atoms with Crippen LogP contribution in [0.4, 0.5) is 4.39 Å². The molecule has 0 aliphatic rings. The van der Waals surface area contributed by atoms with Gasteiger partial charge < -0.3 is 4.57 Å². The van der Waals surface area contributed by atoms with Gasteiger partial charge in [0.1, 0.15) is 5.82 Å². The van der Waals surface area contributed by atoms with Crippen LogP contribution in [-0.4, -0.2) is 13.0 Å². The van der Waals surface area contributed by atoms with Gasteiger partial charge in [-0.1, -0.05) is 24.3 Å². The van der Waals surface area contributed by atoms with Gasteiger partial charge in [-0.25, -0.2) is 4.39 Å². The first kappa shape index (κ1) is 15.9. The molecular formula is C16H15FN2O2S2. The van der Waals surface area contributed by atoms with Crippen molar-refractivity contribution in [3.05, 3.63) is 58.6 Å². The molecule has 1 heterocycles. The Morgan fingerprint density at radius 3 is 2.52 bits per heavy atom. The standard InChI is InChI=1S/C16H15FN2O2S2/c1-3-11-4-9-14-15(10-11)22-16(19(14)2)18-23(20,21)13-7-5-12(17)6-8-13/h4-10H,3H2,1-2H3/b18-16-. The van der Waals surface area contributed by atoms with Crippen LogP contribution in [0, 0.1) is 5.82 Å². The lowest BCUT2D eigenvalue weighted by atomic mass is 10.2. The lowest BCUT2D eigenvalue weighted by Gasteiger charge is -1.99. The van der Waals surface area contributed by atoms with Gasteiger partial charge in [-0.3, -0.25) is 0 Å². The van der Waals surface area contributed by atoms with E-state index in [0.717, 1.165) is 28.8 Å². The fourth-order valence-corrected chi connectivity index (χ4v) is 4.56. The Morgan fingerprint density at radius 1 is 1.17 bits per heavy atom. The van der Waals surface area contributed by atoms with Crippen LogP contribution in [0.3, 0.4) is 0 Å². The number of thiazole rings is 1. The van der Waals surface area contributed by atoms with E-state index in [1.807, 2.05) is 18.2 Å². The van der Waals surface area contributed by atoms with Crippen LogP contribution in [0.15, 0.2) is 51.8 Å². The molecule has 1 aromatic heterocycles. The number of rotatable bonds is 3. The molecular weight excluding hydrogens is 335 g/mol. The lowest BCUT2D eigenvalue weighted by molar-refractivity contribution is 0.595. The van der Waals surface area contributed by atoms with Gasteiger partial charge in [0.05, 0.1) is 15.1 Å². The molecule has 0 saturated heterocycles. The number of sulfonamides is 1. The molecule has 0 N–H and O–H groups in total. The van der Waals surface area contributed by atoms with Crippen molar-refractivity contribution in [1.29, 1.82) is 0 Å². The first-order chi connectivity index (χ1) is 10.9. The molecule has 0 amide bonds. The van der Waals surface area contributed by atoms with Crippen molar-refractivity contribution in [2.75, 3.05) is 0 Å². The molecule has 0 aliphatic carbocycles. The quantitative estimate of drug-likeness (QED) is 0.728. The predicted molar refractivity (Wildman–Crippen MR) is 89.3 cm³/mol. The lowest BCUT2D eigenvalue weighted by Crippen LogP contribution is -2.13. The zero-order chi connectivity index (χ0) is 16.6. The van der Waals surface area contributed by atoms with Crippen molar-refractivity contribution < 1.29 is 12.8 Å². The molecule has 0 saturated carbocycles. The van der Waals surface area contributed by atoms with Crippen LogP contribution in [0.25, 0.3) is 10.2 Å². The van der Waals surface area contributed by atoms with Crippen LogP contribution in [0.1, 0.15) is 12.5 Å². The molecule has 4 nitrogen and oxygen atoms in total. The summed E-state index contributed by atoms with van der Waals surface area (Å²) < 4.78 is 44.3. The third-order valence-corrected chi connectivity index (χ3v) is 6.08. The molecule has 3 rings (SSSR count). The van der Waals surface area contributed by atoms with Crippen LogP contribution in [0.2, 0.25) is 0 Å². The van der Waals surface area contributed by atoms with Crippen molar-refractivity contribution >= 4 is 31.6 Å². The second-order valence-electron chi connectivity index (χ2n) is 5.12. The highest BCUT2D eigenvalue weighted by Gasteiger charge is 2.14. The number of benzene rings is 2. The van der Waals surface area contributed by atoms with Crippen LogP contribution in [0.5, 0.6) is 0 Å². The molecule has 0 aliphatic heterocycles. The van der Waals surface area contributed by atoms with Crippen molar-refractivity contribution in [2.24, 2.45) is 11.4 Å². The first-order valence-electron chi connectivity index (χ1n) is 7.06.